The van der Waals surface area contributed by atoms with Gasteiger partial charge < -0.3 is 4.90 Å². The summed E-state index contributed by atoms with van der Waals surface area (Å²) in [7, 11) is 2.08. The van der Waals surface area contributed by atoms with Gasteiger partial charge in [0.05, 0.1) is 0 Å². The van der Waals surface area contributed by atoms with Crippen LogP contribution in [0.1, 0.15) is 24.8 Å². The van der Waals surface area contributed by atoms with Crippen molar-refractivity contribution in [1.29, 1.82) is 0 Å². The van der Waals surface area contributed by atoms with Gasteiger partial charge in [-0.05, 0) is 37.6 Å². The minimum atomic E-state index is 0.270. The Morgan fingerprint density at radius 2 is 2.19 bits per heavy atom. The van der Waals surface area contributed by atoms with E-state index in [1.54, 1.807) is 0 Å². The van der Waals surface area contributed by atoms with Gasteiger partial charge in [-0.1, -0.05) is 0 Å². The van der Waals surface area contributed by atoms with Gasteiger partial charge in [-0.25, -0.2) is 0 Å². The number of pyridine rings is 1. The zero-order valence-electron chi connectivity index (χ0n) is 9.72. The summed E-state index contributed by atoms with van der Waals surface area (Å²) in [6, 6.07) is 4.04. The summed E-state index contributed by atoms with van der Waals surface area (Å²) >= 11 is 0. The van der Waals surface area contributed by atoms with Gasteiger partial charge in [-0.15, -0.1) is 0 Å². The lowest BCUT2D eigenvalue weighted by atomic mass is 10.1. The van der Waals surface area contributed by atoms with E-state index in [4.69, 9.17) is 0 Å². The van der Waals surface area contributed by atoms with Crippen LogP contribution in [0.3, 0.4) is 0 Å². The van der Waals surface area contributed by atoms with Crippen molar-refractivity contribution in [2.45, 2.75) is 25.8 Å². The van der Waals surface area contributed by atoms with Crippen molar-refractivity contribution in [3.8, 4) is 0 Å². The number of rotatable bonds is 4. The molecule has 0 aliphatic heterocycles. The number of carbonyl (C=O) groups excluding carboxylic acids is 1. The summed E-state index contributed by atoms with van der Waals surface area (Å²) in [6.45, 7) is 1.79. The first kappa shape index (κ1) is 11.3. The monoisotopic (exact) mass is 218 g/mol. The highest BCUT2D eigenvalue weighted by molar-refractivity contribution is 5.83. The molecular formula is C13H18N2O. The number of hydrogen-bond donors (Lipinski definition) is 0. The number of hydrogen-bond acceptors (Lipinski definition) is 3. The second-order valence-electron chi connectivity index (χ2n) is 4.61. The summed E-state index contributed by atoms with van der Waals surface area (Å²) in [5.41, 5.74) is 1.25. The number of aromatic nitrogens is 1. The molecule has 1 aromatic rings. The highest BCUT2D eigenvalue weighted by atomic mass is 16.1. The molecule has 2 rings (SSSR count). The second kappa shape index (κ2) is 5.21. The third-order valence-electron chi connectivity index (χ3n) is 3.17. The van der Waals surface area contributed by atoms with Gasteiger partial charge in [0.2, 0.25) is 0 Å². The molecule has 86 valence electrons. The average molecular weight is 218 g/mol. The molecule has 3 heteroatoms. The Bertz CT molecular complexity index is 350. The fourth-order valence-electron chi connectivity index (χ4n) is 2.32. The van der Waals surface area contributed by atoms with Crippen LogP contribution in [0.2, 0.25) is 0 Å². The van der Waals surface area contributed by atoms with Crippen LogP contribution >= 0.6 is 0 Å². The summed E-state index contributed by atoms with van der Waals surface area (Å²) < 4.78 is 0. The Kier molecular flexibility index (Phi) is 3.67. The highest BCUT2D eigenvalue weighted by Gasteiger charge is 2.25. The second-order valence-corrected chi connectivity index (χ2v) is 4.61. The lowest BCUT2D eigenvalue weighted by Gasteiger charge is -2.19. The molecule has 1 atom stereocenters. The topological polar surface area (TPSA) is 33.2 Å². The van der Waals surface area contributed by atoms with Crippen LogP contribution in [0, 0.1) is 5.92 Å². The Morgan fingerprint density at radius 3 is 2.81 bits per heavy atom. The van der Waals surface area contributed by atoms with Crippen molar-refractivity contribution in [2.75, 3.05) is 13.6 Å². The van der Waals surface area contributed by atoms with E-state index in [0.29, 0.717) is 5.78 Å². The maximum absolute atomic E-state index is 11.5. The van der Waals surface area contributed by atoms with Crippen molar-refractivity contribution in [2.24, 2.45) is 5.92 Å². The minimum absolute atomic E-state index is 0.270. The van der Waals surface area contributed by atoms with Gasteiger partial charge in [-0.3, -0.25) is 9.78 Å². The molecule has 16 heavy (non-hydrogen) atoms. The molecule has 3 nitrogen and oxygen atoms in total. The molecule has 0 N–H and O–H groups in total. The molecule has 1 aromatic heterocycles. The van der Waals surface area contributed by atoms with Crippen LogP contribution in [-0.2, 0) is 11.3 Å². The van der Waals surface area contributed by atoms with Gasteiger partial charge in [0.15, 0.2) is 0 Å². The quantitative estimate of drug-likeness (QED) is 0.773. The summed E-state index contributed by atoms with van der Waals surface area (Å²) in [5, 5.41) is 0. The van der Waals surface area contributed by atoms with Gasteiger partial charge in [0, 0.05) is 37.8 Å². The van der Waals surface area contributed by atoms with Gasteiger partial charge >= 0.3 is 0 Å². The van der Waals surface area contributed by atoms with E-state index in [2.05, 4.69) is 16.9 Å². The molecular weight excluding hydrogens is 200 g/mol. The van der Waals surface area contributed by atoms with E-state index in [0.717, 1.165) is 32.4 Å². The van der Waals surface area contributed by atoms with Crippen molar-refractivity contribution < 1.29 is 4.79 Å². The molecule has 1 fully saturated rings. The summed E-state index contributed by atoms with van der Waals surface area (Å²) in [4.78, 5) is 17.7. The molecule has 0 amide bonds. The van der Waals surface area contributed by atoms with Crippen LogP contribution in [0.4, 0.5) is 0 Å². The van der Waals surface area contributed by atoms with E-state index >= 15 is 0 Å². The van der Waals surface area contributed by atoms with Crippen LogP contribution in [0.15, 0.2) is 24.5 Å². The summed E-state index contributed by atoms with van der Waals surface area (Å²) in [6.07, 6.45) is 6.55. The van der Waals surface area contributed by atoms with Gasteiger partial charge in [0.1, 0.15) is 5.78 Å². The highest BCUT2D eigenvalue weighted by Crippen LogP contribution is 2.22. The van der Waals surface area contributed by atoms with Crippen molar-refractivity contribution in [3.63, 3.8) is 0 Å². The Morgan fingerprint density at radius 1 is 1.44 bits per heavy atom. The first-order valence-corrected chi connectivity index (χ1v) is 5.86. The van der Waals surface area contributed by atoms with Gasteiger partial charge in [-0.2, -0.15) is 0 Å². The van der Waals surface area contributed by atoms with E-state index in [9.17, 15) is 4.79 Å². The standard InChI is InChI=1S/C13H18N2O/c1-15(9-11-5-7-14-8-6-11)10-12-3-2-4-13(12)16/h5-8,12H,2-4,9-10H2,1H3. The van der Waals surface area contributed by atoms with E-state index in [1.165, 1.54) is 5.56 Å². The smallest absolute Gasteiger partial charge is 0.137 e. The van der Waals surface area contributed by atoms with Crippen molar-refractivity contribution >= 4 is 5.78 Å². The predicted molar refractivity (Wildman–Crippen MR) is 62.9 cm³/mol. The average Bonchev–Trinajstić information content (AvgIpc) is 2.66. The van der Waals surface area contributed by atoms with Crippen molar-refractivity contribution in [3.05, 3.63) is 30.1 Å². The molecule has 1 saturated carbocycles. The molecule has 1 unspecified atom stereocenters. The summed E-state index contributed by atoms with van der Waals surface area (Å²) in [5.74, 6) is 0.716. The first-order chi connectivity index (χ1) is 7.75. The molecule has 1 aliphatic carbocycles. The lowest BCUT2D eigenvalue weighted by Crippen LogP contribution is -2.27. The third kappa shape index (κ3) is 2.89. The molecule has 0 saturated heterocycles. The Labute approximate surface area is 96.5 Å². The van der Waals surface area contributed by atoms with E-state index in [-0.39, 0.29) is 5.92 Å². The van der Waals surface area contributed by atoms with Crippen LogP contribution in [-0.4, -0.2) is 29.3 Å². The zero-order chi connectivity index (χ0) is 11.4. The fraction of sp³-hybridized carbons (Fsp3) is 0.538. The fourth-order valence-corrected chi connectivity index (χ4v) is 2.32. The van der Waals surface area contributed by atoms with Crippen LogP contribution in [0.25, 0.3) is 0 Å². The van der Waals surface area contributed by atoms with E-state index < -0.39 is 0 Å². The van der Waals surface area contributed by atoms with Crippen LogP contribution in [0.5, 0.6) is 0 Å². The molecule has 0 spiro atoms. The molecule has 0 bridgehead atoms. The van der Waals surface area contributed by atoms with Crippen LogP contribution < -0.4 is 0 Å². The van der Waals surface area contributed by atoms with E-state index in [1.807, 2.05) is 24.5 Å². The molecule has 1 heterocycles. The first-order valence-electron chi connectivity index (χ1n) is 5.86. The molecule has 0 radical (unpaired) electrons. The predicted octanol–water partition coefficient (Wildman–Crippen LogP) is 1.88. The Hall–Kier alpha value is -1.22. The zero-order valence-corrected chi connectivity index (χ0v) is 9.72. The van der Waals surface area contributed by atoms with Gasteiger partial charge in [0.25, 0.3) is 0 Å². The SMILES string of the molecule is CN(Cc1ccncc1)CC1CCCC1=O. The van der Waals surface area contributed by atoms with Crippen molar-refractivity contribution in [1.82, 2.24) is 9.88 Å². The number of nitrogens with zero attached hydrogens (tertiary/aromatic N) is 2. The third-order valence-corrected chi connectivity index (χ3v) is 3.17. The normalized spacial score (nSPS) is 20.6. The molecule has 0 aromatic carbocycles. The molecule has 1 aliphatic rings. The number of Topliss-reactive ketones (excluding diaryl/α,β-unsaturated/α-hetero) is 1. The maximum Gasteiger partial charge on any atom is 0.137 e. The lowest BCUT2D eigenvalue weighted by molar-refractivity contribution is -0.121. The maximum atomic E-state index is 11.5. The minimum Gasteiger partial charge on any atom is -0.301 e. The largest absolute Gasteiger partial charge is 0.301 e. The number of ketones is 1. The Balaban J connectivity index is 1.84. The number of carbonyl (C=O) groups is 1.